The molecule has 0 amide bonds. The summed E-state index contributed by atoms with van der Waals surface area (Å²) >= 11 is 0. The third-order valence-electron chi connectivity index (χ3n) is 3.73. The molecule has 0 aromatic carbocycles. The van der Waals surface area contributed by atoms with Crippen LogP contribution in [0.1, 0.15) is 27.2 Å². The molecule has 1 fully saturated rings. The third kappa shape index (κ3) is 4.92. The monoisotopic (exact) mass is 338 g/mol. The second-order valence-electron chi connectivity index (χ2n) is 6.51. The predicted molar refractivity (Wildman–Crippen MR) is 91.3 cm³/mol. The molecule has 1 aromatic rings. The summed E-state index contributed by atoms with van der Waals surface area (Å²) in [5, 5.41) is 24.4. The number of carboxylic acid groups (broad SMARTS) is 1. The normalized spacial score (nSPS) is 21.0. The maximum atomic E-state index is 11.4. The van der Waals surface area contributed by atoms with Gasteiger partial charge in [-0.25, -0.2) is 0 Å². The number of hydrogen-bond acceptors (Lipinski definition) is 8. The molecular weight excluding hydrogens is 312 g/mol. The average molecular weight is 338 g/mol. The largest absolute Gasteiger partial charge is 0.481 e. The Morgan fingerprint density at radius 1 is 1.29 bits per heavy atom. The van der Waals surface area contributed by atoms with Gasteiger partial charge in [0.25, 0.3) is 0 Å². The summed E-state index contributed by atoms with van der Waals surface area (Å²) in [6.45, 7) is 7.37. The van der Waals surface area contributed by atoms with Gasteiger partial charge in [-0.15, -0.1) is 0 Å². The van der Waals surface area contributed by atoms with Crippen LogP contribution in [0.25, 0.3) is 0 Å². The Morgan fingerprint density at radius 3 is 2.62 bits per heavy atom. The zero-order valence-corrected chi connectivity index (χ0v) is 14.4. The number of aliphatic hydroxyl groups excluding tert-OH is 1. The van der Waals surface area contributed by atoms with Crippen molar-refractivity contribution in [3.05, 3.63) is 0 Å². The number of nitrogens with zero attached hydrogens (tertiary/aromatic N) is 4. The number of nitrogens with one attached hydrogen (secondary N) is 2. The second kappa shape index (κ2) is 8.09. The van der Waals surface area contributed by atoms with E-state index in [9.17, 15) is 9.90 Å². The molecule has 0 spiro atoms. The summed E-state index contributed by atoms with van der Waals surface area (Å²) < 4.78 is 0. The number of hydrogen-bond donors (Lipinski definition) is 4. The quantitative estimate of drug-likeness (QED) is 0.567. The minimum absolute atomic E-state index is 0.0319. The van der Waals surface area contributed by atoms with E-state index in [4.69, 9.17) is 5.11 Å². The van der Waals surface area contributed by atoms with E-state index in [2.05, 4.69) is 25.6 Å². The molecule has 0 radical (unpaired) electrons. The van der Waals surface area contributed by atoms with Gasteiger partial charge in [0.2, 0.25) is 17.8 Å². The van der Waals surface area contributed by atoms with Crippen LogP contribution in [0.15, 0.2) is 0 Å². The van der Waals surface area contributed by atoms with Crippen LogP contribution in [-0.2, 0) is 4.79 Å². The van der Waals surface area contributed by atoms with Crippen molar-refractivity contribution >= 4 is 23.8 Å². The Bertz CT molecular complexity index is 568. The van der Waals surface area contributed by atoms with Gasteiger partial charge in [0, 0.05) is 25.7 Å². The molecule has 24 heavy (non-hydrogen) atoms. The van der Waals surface area contributed by atoms with Crippen molar-refractivity contribution in [2.24, 2.45) is 11.8 Å². The molecule has 9 nitrogen and oxygen atoms in total. The highest BCUT2D eigenvalue weighted by Crippen LogP contribution is 2.25. The lowest BCUT2D eigenvalue weighted by Crippen LogP contribution is -2.43. The summed E-state index contributed by atoms with van der Waals surface area (Å²) in [6.07, 6.45) is 0.656. The first-order valence-corrected chi connectivity index (χ1v) is 8.24. The minimum Gasteiger partial charge on any atom is -0.481 e. The zero-order chi connectivity index (χ0) is 17.7. The number of carboxylic acids is 1. The summed E-state index contributed by atoms with van der Waals surface area (Å²) in [7, 11) is 0. The first-order chi connectivity index (χ1) is 11.4. The first kappa shape index (κ1) is 18.2. The van der Waals surface area contributed by atoms with Gasteiger partial charge in [0.05, 0.1) is 12.5 Å². The topological polar surface area (TPSA) is 124 Å². The lowest BCUT2D eigenvalue weighted by Gasteiger charge is -2.34. The molecule has 2 rings (SSSR count). The molecule has 1 aromatic heterocycles. The number of aromatic nitrogens is 3. The van der Waals surface area contributed by atoms with Crippen molar-refractivity contribution in [2.75, 3.05) is 41.8 Å². The molecule has 1 aliphatic rings. The molecular formula is C15H26N6O3. The van der Waals surface area contributed by atoms with Crippen molar-refractivity contribution in [1.82, 2.24) is 15.0 Å². The highest BCUT2D eigenvalue weighted by atomic mass is 16.4. The molecule has 2 unspecified atom stereocenters. The van der Waals surface area contributed by atoms with Crippen LogP contribution in [0, 0.1) is 11.8 Å². The van der Waals surface area contributed by atoms with E-state index in [1.807, 2.05) is 25.7 Å². The Kier molecular flexibility index (Phi) is 6.13. The van der Waals surface area contributed by atoms with Crippen molar-refractivity contribution < 1.29 is 15.0 Å². The SMILES string of the molecule is CC1CC(C(=O)O)CN(c2nc(NCCO)nc(NC(C)C)n2)C1. The molecule has 0 aliphatic carbocycles. The summed E-state index contributed by atoms with van der Waals surface area (Å²) in [5.74, 6) is 0.266. The van der Waals surface area contributed by atoms with Gasteiger partial charge in [-0.1, -0.05) is 6.92 Å². The number of anilines is 3. The molecule has 134 valence electrons. The van der Waals surface area contributed by atoms with Gasteiger partial charge in [-0.2, -0.15) is 15.0 Å². The Hall–Kier alpha value is -2.16. The van der Waals surface area contributed by atoms with Crippen LogP contribution in [0.3, 0.4) is 0 Å². The smallest absolute Gasteiger partial charge is 0.308 e. The molecule has 1 saturated heterocycles. The van der Waals surface area contributed by atoms with Gasteiger partial charge < -0.3 is 25.7 Å². The van der Waals surface area contributed by atoms with E-state index in [1.165, 1.54) is 0 Å². The highest BCUT2D eigenvalue weighted by molar-refractivity contribution is 5.71. The maximum absolute atomic E-state index is 11.4. The lowest BCUT2D eigenvalue weighted by molar-refractivity contribution is -0.142. The Morgan fingerprint density at radius 2 is 2.00 bits per heavy atom. The van der Waals surface area contributed by atoms with Gasteiger partial charge in [0.1, 0.15) is 0 Å². The lowest BCUT2D eigenvalue weighted by atomic mass is 9.91. The van der Waals surface area contributed by atoms with Crippen molar-refractivity contribution in [3.8, 4) is 0 Å². The maximum Gasteiger partial charge on any atom is 0.308 e. The Labute approximate surface area is 141 Å². The van der Waals surface area contributed by atoms with Gasteiger partial charge >= 0.3 is 5.97 Å². The van der Waals surface area contributed by atoms with Crippen LogP contribution >= 0.6 is 0 Å². The molecule has 4 N–H and O–H groups in total. The fourth-order valence-corrected chi connectivity index (χ4v) is 2.77. The number of aliphatic hydroxyl groups is 1. The van der Waals surface area contributed by atoms with E-state index in [0.717, 1.165) is 0 Å². The predicted octanol–water partition coefficient (Wildman–Crippen LogP) is 0.643. The fraction of sp³-hybridized carbons (Fsp3) is 0.733. The number of aliphatic carboxylic acids is 1. The van der Waals surface area contributed by atoms with Crippen molar-refractivity contribution in [1.29, 1.82) is 0 Å². The summed E-state index contributed by atoms with van der Waals surface area (Å²) in [5.41, 5.74) is 0. The van der Waals surface area contributed by atoms with Gasteiger partial charge in [-0.05, 0) is 26.2 Å². The fourth-order valence-electron chi connectivity index (χ4n) is 2.77. The molecule has 1 aliphatic heterocycles. The van der Waals surface area contributed by atoms with E-state index in [1.54, 1.807) is 0 Å². The van der Waals surface area contributed by atoms with Crippen LogP contribution in [0.2, 0.25) is 0 Å². The first-order valence-electron chi connectivity index (χ1n) is 8.24. The zero-order valence-electron chi connectivity index (χ0n) is 14.4. The second-order valence-corrected chi connectivity index (χ2v) is 6.51. The highest BCUT2D eigenvalue weighted by Gasteiger charge is 2.31. The van der Waals surface area contributed by atoms with Crippen LogP contribution in [-0.4, -0.2) is 63.4 Å². The Balaban J connectivity index is 2.27. The van der Waals surface area contributed by atoms with Gasteiger partial charge in [-0.3, -0.25) is 4.79 Å². The van der Waals surface area contributed by atoms with E-state index >= 15 is 0 Å². The average Bonchev–Trinajstić information content (AvgIpc) is 2.51. The number of rotatable bonds is 7. The van der Waals surface area contributed by atoms with Crippen molar-refractivity contribution in [2.45, 2.75) is 33.2 Å². The van der Waals surface area contributed by atoms with Crippen LogP contribution in [0.4, 0.5) is 17.8 Å². The van der Waals surface area contributed by atoms with E-state index in [-0.39, 0.29) is 18.6 Å². The molecule has 2 atom stereocenters. The standard InChI is InChI=1S/C15H26N6O3/c1-9(2)17-14-18-13(16-4-5-22)19-15(20-14)21-7-10(3)6-11(8-21)12(23)24/h9-11,22H,4-8H2,1-3H3,(H,23,24)(H2,16,17,18,19,20). The van der Waals surface area contributed by atoms with Crippen LogP contribution in [0.5, 0.6) is 0 Å². The van der Waals surface area contributed by atoms with Crippen molar-refractivity contribution in [3.63, 3.8) is 0 Å². The van der Waals surface area contributed by atoms with E-state index in [0.29, 0.717) is 43.9 Å². The van der Waals surface area contributed by atoms with Gasteiger partial charge in [0.15, 0.2) is 0 Å². The molecule has 2 heterocycles. The molecule has 0 saturated carbocycles. The third-order valence-corrected chi connectivity index (χ3v) is 3.73. The molecule has 9 heteroatoms. The number of carbonyl (C=O) groups is 1. The molecule has 0 bridgehead atoms. The summed E-state index contributed by atoms with van der Waals surface area (Å²) in [6, 6.07) is 0.151. The minimum atomic E-state index is -0.792. The number of piperidine rings is 1. The van der Waals surface area contributed by atoms with Crippen LogP contribution < -0.4 is 15.5 Å². The van der Waals surface area contributed by atoms with E-state index < -0.39 is 11.9 Å². The summed E-state index contributed by atoms with van der Waals surface area (Å²) in [4.78, 5) is 26.3.